The van der Waals surface area contributed by atoms with Crippen molar-refractivity contribution in [1.82, 2.24) is 25.4 Å². The molecule has 0 saturated heterocycles. The van der Waals surface area contributed by atoms with Crippen LogP contribution in [0, 0.1) is 6.92 Å². The predicted molar refractivity (Wildman–Crippen MR) is 117 cm³/mol. The second-order valence-electron chi connectivity index (χ2n) is 5.91. The summed E-state index contributed by atoms with van der Waals surface area (Å²) in [5, 5.41) is 14.7. The van der Waals surface area contributed by atoms with Crippen LogP contribution in [-0.4, -0.2) is 47.0 Å². The maximum Gasteiger partial charge on any atom is 0.191 e. The summed E-state index contributed by atoms with van der Waals surface area (Å²) >= 11 is 0. The lowest BCUT2D eigenvalue weighted by atomic mass is 10.3. The van der Waals surface area contributed by atoms with E-state index < -0.39 is 0 Å². The van der Waals surface area contributed by atoms with Crippen LogP contribution in [-0.2, 0) is 13.6 Å². The van der Waals surface area contributed by atoms with Gasteiger partial charge in [0, 0.05) is 19.7 Å². The lowest BCUT2D eigenvalue weighted by molar-refractivity contribution is 0.223. The smallest absolute Gasteiger partial charge is 0.191 e. The lowest BCUT2D eigenvalue weighted by Crippen LogP contribution is -2.41. The zero-order chi connectivity index (χ0) is 18.9. The van der Waals surface area contributed by atoms with E-state index in [9.17, 15) is 0 Å². The zero-order valence-electron chi connectivity index (χ0n) is 16.5. The van der Waals surface area contributed by atoms with Crippen molar-refractivity contribution in [1.29, 1.82) is 0 Å². The van der Waals surface area contributed by atoms with Gasteiger partial charge in [0.05, 0.1) is 13.7 Å². The normalized spacial score (nSPS) is 12.1. The van der Waals surface area contributed by atoms with Crippen LogP contribution in [0.5, 0.6) is 11.5 Å². The van der Waals surface area contributed by atoms with Gasteiger partial charge in [-0.2, -0.15) is 0 Å². The number of methoxy groups -OCH3 is 1. The third kappa shape index (κ3) is 7.24. The molecule has 9 heteroatoms. The Bertz CT molecular complexity index is 734. The van der Waals surface area contributed by atoms with Crippen molar-refractivity contribution >= 4 is 29.9 Å². The Kier molecular flexibility index (Phi) is 9.90. The standard InChI is InChI=1S/C18H28N6O2.HI/c1-6-19-18(21-12-17-23-22-14(3)24(17)4)20-11-13(2)26-16-9-7-8-15(10-16)25-5;/h7-10,13H,6,11-12H2,1-5H3,(H2,19,20,21);1H. The van der Waals surface area contributed by atoms with Gasteiger partial charge in [-0.25, -0.2) is 4.99 Å². The molecule has 2 aromatic rings. The van der Waals surface area contributed by atoms with Gasteiger partial charge in [0.2, 0.25) is 0 Å². The average molecular weight is 488 g/mol. The molecule has 1 heterocycles. The molecule has 0 fully saturated rings. The largest absolute Gasteiger partial charge is 0.497 e. The van der Waals surface area contributed by atoms with Crippen molar-refractivity contribution < 1.29 is 9.47 Å². The fourth-order valence-corrected chi connectivity index (χ4v) is 2.27. The van der Waals surface area contributed by atoms with E-state index in [0.717, 1.165) is 29.7 Å². The predicted octanol–water partition coefficient (Wildman–Crippen LogP) is 2.27. The first kappa shape index (κ1) is 23.0. The van der Waals surface area contributed by atoms with Gasteiger partial charge in [-0.1, -0.05) is 6.07 Å². The minimum Gasteiger partial charge on any atom is -0.497 e. The molecule has 0 saturated carbocycles. The Morgan fingerprint density at radius 2 is 2.00 bits per heavy atom. The van der Waals surface area contributed by atoms with Crippen molar-refractivity contribution in [2.24, 2.45) is 12.0 Å². The van der Waals surface area contributed by atoms with Crippen LogP contribution in [0.1, 0.15) is 25.5 Å². The average Bonchev–Trinajstić information content (AvgIpc) is 2.96. The molecule has 1 aromatic heterocycles. The number of nitrogens with one attached hydrogen (secondary N) is 2. The van der Waals surface area contributed by atoms with Gasteiger partial charge in [0.25, 0.3) is 0 Å². The van der Waals surface area contributed by atoms with Gasteiger partial charge in [-0.3, -0.25) is 0 Å². The summed E-state index contributed by atoms with van der Waals surface area (Å²) < 4.78 is 13.1. The number of hydrogen-bond donors (Lipinski definition) is 2. The number of hydrogen-bond acceptors (Lipinski definition) is 5. The molecule has 0 spiro atoms. The molecule has 0 bridgehead atoms. The van der Waals surface area contributed by atoms with Gasteiger partial charge in [-0.05, 0) is 32.9 Å². The van der Waals surface area contributed by atoms with Gasteiger partial charge in [0.1, 0.15) is 30.0 Å². The highest BCUT2D eigenvalue weighted by Crippen LogP contribution is 2.19. The van der Waals surface area contributed by atoms with Crippen LogP contribution in [0.4, 0.5) is 0 Å². The van der Waals surface area contributed by atoms with Crippen LogP contribution < -0.4 is 20.1 Å². The molecule has 2 N–H and O–H groups in total. The summed E-state index contributed by atoms with van der Waals surface area (Å²) in [6, 6.07) is 7.57. The number of benzene rings is 1. The van der Waals surface area contributed by atoms with Crippen LogP contribution >= 0.6 is 24.0 Å². The molecule has 0 aliphatic carbocycles. The highest BCUT2D eigenvalue weighted by atomic mass is 127. The molecule has 0 radical (unpaired) electrons. The van der Waals surface area contributed by atoms with Crippen molar-refractivity contribution in [2.45, 2.75) is 33.4 Å². The SMILES string of the molecule is CCNC(=NCc1nnc(C)n1C)NCC(C)Oc1cccc(OC)c1.I. The van der Waals surface area contributed by atoms with Gasteiger partial charge in [0.15, 0.2) is 11.8 Å². The molecule has 1 atom stereocenters. The van der Waals surface area contributed by atoms with Crippen molar-refractivity contribution in [3.63, 3.8) is 0 Å². The Labute approximate surface area is 177 Å². The molecule has 0 aliphatic rings. The minimum atomic E-state index is -0.0389. The van der Waals surface area contributed by atoms with E-state index in [-0.39, 0.29) is 30.1 Å². The minimum absolute atomic E-state index is 0. The molecular formula is C18H29IN6O2. The monoisotopic (exact) mass is 488 g/mol. The summed E-state index contributed by atoms with van der Waals surface area (Å²) in [7, 11) is 3.58. The first-order chi connectivity index (χ1) is 12.5. The highest BCUT2D eigenvalue weighted by molar-refractivity contribution is 14.0. The van der Waals surface area contributed by atoms with Crippen molar-refractivity contribution in [3.8, 4) is 11.5 Å². The number of ether oxygens (including phenoxy) is 2. The Balaban J connectivity index is 0.00000364. The van der Waals surface area contributed by atoms with Crippen LogP contribution in [0.15, 0.2) is 29.3 Å². The van der Waals surface area contributed by atoms with E-state index in [0.29, 0.717) is 19.0 Å². The third-order valence-corrected chi connectivity index (χ3v) is 3.84. The summed E-state index contributed by atoms with van der Waals surface area (Å²) in [5.74, 6) is 3.95. The van der Waals surface area contributed by atoms with E-state index in [1.807, 2.05) is 56.7 Å². The molecule has 0 aliphatic heterocycles. The van der Waals surface area contributed by atoms with Gasteiger partial charge in [-0.15, -0.1) is 34.2 Å². The quantitative estimate of drug-likeness (QED) is 0.337. The third-order valence-electron chi connectivity index (χ3n) is 3.84. The summed E-state index contributed by atoms with van der Waals surface area (Å²) in [5.41, 5.74) is 0. The molecule has 2 rings (SSSR count). The van der Waals surface area contributed by atoms with E-state index in [1.165, 1.54) is 0 Å². The lowest BCUT2D eigenvalue weighted by Gasteiger charge is -2.18. The molecule has 27 heavy (non-hydrogen) atoms. The first-order valence-electron chi connectivity index (χ1n) is 8.71. The molecule has 1 aromatic carbocycles. The topological polar surface area (TPSA) is 85.6 Å². The van der Waals surface area contributed by atoms with Crippen molar-refractivity contribution in [2.75, 3.05) is 20.2 Å². The number of aromatic nitrogens is 3. The van der Waals surface area contributed by atoms with E-state index in [1.54, 1.807) is 7.11 Å². The van der Waals surface area contributed by atoms with Crippen LogP contribution in [0.25, 0.3) is 0 Å². The summed E-state index contributed by atoms with van der Waals surface area (Å²) in [6.45, 7) is 7.79. The Morgan fingerprint density at radius 1 is 1.26 bits per heavy atom. The number of aliphatic imine (C=N–C) groups is 1. The first-order valence-corrected chi connectivity index (χ1v) is 8.71. The van der Waals surface area contributed by atoms with E-state index in [2.05, 4.69) is 25.8 Å². The van der Waals surface area contributed by atoms with Crippen molar-refractivity contribution in [3.05, 3.63) is 35.9 Å². The second-order valence-corrected chi connectivity index (χ2v) is 5.91. The number of halogens is 1. The fourth-order valence-electron chi connectivity index (χ4n) is 2.27. The van der Waals surface area contributed by atoms with Crippen LogP contribution in [0.3, 0.4) is 0 Å². The summed E-state index contributed by atoms with van der Waals surface area (Å²) in [4.78, 5) is 4.56. The Hall–Kier alpha value is -2.04. The fraction of sp³-hybridized carbons (Fsp3) is 0.500. The second kappa shape index (κ2) is 11.6. The molecule has 8 nitrogen and oxygen atoms in total. The van der Waals surface area contributed by atoms with Crippen LogP contribution in [0.2, 0.25) is 0 Å². The maximum atomic E-state index is 5.92. The molecule has 150 valence electrons. The maximum absolute atomic E-state index is 5.92. The molecule has 0 amide bonds. The van der Waals surface area contributed by atoms with Gasteiger partial charge < -0.3 is 24.7 Å². The molecular weight excluding hydrogens is 459 g/mol. The molecule has 1 unspecified atom stereocenters. The van der Waals surface area contributed by atoms with E-state index >= 15 is 0 Å². The zero-order valence-corrected chi connectivity index (χ0v) is 18.9. The summed E-state index contributed by atoms with van der Waals surface area (Å²) in [6.07, 6.45) is -0.0389. The number of rotatable bonds is 8. The number of aryl methyl sites for hydroxylation is 1. The number of guanidine groups is 1. The van der Waals surface area contributed by atoms with E-state index in [4.69, 9.17) is 9.47 Å². The number of nitrogens with zero attached hydrogens (tertiary/aromatic N) is 4. The van der Waals surface area contributed by atoms with Gasteiger partial charge >= 0.3 is 0 Å². The highest BCUT2D eigenvalue weighted by Gasteiger charge is 2.08. The Morgan fingerprint density at radius 3 is 2.63 bits per heavy atom.